The zero-order valence-electron chi connectivity index (χ0n) is 11.5. The number of hydrogen-bond acceptors (Lipinski definition) is 1. The molecule has 1 atom stereocenters. The zero-order chi connectivity index (χ0) is 13.6. The quantitative estimate of drug-likeness (QED) is 0.758. The second-order valence-corrected chi connectivity index (χ2v) is 5.12. The predicted molar refractivity (Wildman–Crippen MR) is 77.8 cm³/mol. The van der Waals surface area contributed by atoms with Gasteiger partial charge in [0.2, 0.25) is 0 Å². The molecular weight excluding hydrogens is 234 g/mol. The van der Waals surface area contributed by atoms with E-state index in [9.17, 15) is 0 Å². The summed E-state index contributed by atoms with van der Waals surface area (Å²) in [5.74, 6) is 1.01. The van der Waals surface area contributed by atoms with Gasteiger partial charge in [0.1, 0.15) is 0 Å². The number of nitrogens with two attached hydrogens (primary N) is 1. The molecular formula is C17H22NO+. The molecule has 0 amide bonds. The first-order valence-electron chi connectivity index (χ1n) is 6.78. The molecule has 0 fully saturated rings. The maximum Gasteiger partial charge on any atom is 0.164 e. The summed E-state index contributed by atoms with van der Waals surface area (Å²) in [7, 11) is 0. The van der Waals surface area contributed by atoms with E-state index in [1.54, 1.807) is 6.26 Å². The lowest BCUT2D eigenvalue weighted by Crippen LogP contribution is -2.94. The van der Waals surface area contributed by atoms with Crippen molar-refractivity contribution in [2.24, 2.45) is 0 Å². The Labute approximate surface area is 115 Å². The van der Waals surface area contributed by atoms with Crippen LogP contribution in [-0.4, -0.2) is 6.54 Å². The van der Waals surface area contributed by atoms with Crippen LogP contribution in [0, 0.1) is 0 Å². The average molecular weight is 256 g/mol. The third-order valence-electron chi connectivity index (χ3n) is 3.52. The molecule has 1 heterocycles. The van der Waals surface area contributed by atoms with E-state index in [4.69, 9.17) is 4.42 Å². The smallest absolute Gasteiger partial charge is 0.164 e. The van der Waals surface area contributed by atoms with Gasteiger partial charge in [-0.15, -0.1) is 6.58 Å². The molecule has 2 rings (SSSR count). The van der Waals surface area contributed by atoms with Crippen LogP contribution in [0.1, 0.15) is 24.7 Å². The van der Waals surface area contributed by atoms with Gasteiger partial charge in [-0.3, -0.25) is 0 Å². The fraction of sp³-hybridized carbons (Fsp3) is 0.294. The van der Waals surface area contributed by atoms with E-state index in [2.05, 4.69) is 49.2 Å². The molecule has 0 unspecified atom stereocenters. The van der Waals surface area contributed by atoms with Crippen LogP contribution in [0.4, 0.5) is 0 Å². The van der Waals surface area contributed by atoms with Crippen molar-refractivity contribution in [1.82, 2.24) is 0 Å². The number of rotatable bonds is 7. The highest BCUT2D eigenvalue weighted by Gasteiger charge is 2.31. The van der Waals surface area contributed by atoms with Crippen molar-refractivity contribution in [3.05, 3.63) is 72.7 Å². The van der Waals surface area contributed by atoms with Crippen LogP contribution in [0.5, 0.6) is 0 Å². The van der Waals surface area contributed by atoms with Gasteiger partial charge in [0.25, 0.3) is 0 Å². The first-order chi connectivity index (χ1) is 9.24. The second-order valence-electron chi connectivity index (χ2n) is 5.12. The van der Waals surface area contributed by atoms with Crippen molar-refractivity contribution in [2.45, 2.75) is 25.3 Å². The molecule has 100 valence electrons. The van der Waals surface area contributed by atoms with Gasteiger partial charge in [-0.05, 0) is 24.6 Å². The molecule has 0 spiro atoms. The van der Waals surface area contributed by atoms with Crippen molar-refractivity contribution in [1.29, 1.82) is 0 Å². The Balaban J connectivity index is 1.96. The Morgan fingerprint density at radius 3 is 2.63 bits per heavy atom. The van der Waals surface area contributed by atoms with Crippen LogP contribution < -0.4 is 5.32 Å². The minimum atomic E-state index is -0.0555. The minimum absolute atomic E-state index is 0.0555. The van der Waals surface area contributed by atoms with Gasteiger partial charge < -0.3 is 9.73 Å². The third-order valence-corrected chi connectivity index (χ3v) is 3.52. The summed E-state index contributed by atoms with van der Waals surface area (Å²) >= 11 is 0. The van der Waals surface area contributed by atoms with Crippen LogP contribution in [0.3, 0.4) is 0 Å². The summed E-state index contributed by atoms with van der Waals surface area (Å²) in [5, 5.41) is 2.35. The number of benzene rings is 1. The monoisotopic (exact) mass is 256 g/mol. The number of quaternary nitrogens is 1. The fourth-order valence-electron chi connectivity index (χ4n) is 2.39. The number of furan rings is 1. The fourth-order valence-corrected chi connectivity index (χ4v) is 2.39. The highest BCUT2D eigenvalue weighted by atomic mass is 16.3. The van der Waals surface area contributed by atoms with Crippen molar-refractivity contribution >= 4 is 0 Å². The molecule has 0 saturated heterocycles. The summed E-state index contributed by atoms with van der Waals surface area (Å²) in [5.41, 5.74) is 1.32. The van der Waals surface area contributed by atoms with Crippen LogP contribution in [0.15, 0.2) is 65.8 Å². The predicted octanol–water partition coefficient (Wildman–Crippen LogP) is 2.88. The molecule has 0 aliphatic heterocycles. The van der Waals surface area contributed by atoms with Crippen LogP contribution in [0.25, 0.3) is 0 Å². The third kappa shape index (κ3) is 3.58. The Morgan fingerprint density at radius 2 is 2.00 bits per heavy atom. The molecule has 0 aliphatic rings. The normalized spacial score (nSPS) is 13.9. The summed E-state index contributed by atoms with van der Waals surface area (Å²) in [6.45, 7) is 7.10. The van der Waals surface area contributed by atoms with Crippen LogP contribution in [0.2, 0.25) is 0 Å². The van der Waals surface area contributed by atoms with Crippen molar-refractivity contribution < 1.29 is 9.73 Å². The summed E-state index contributed by atoms with van der Waals surface area (Å²) in [4.78, 5) is 0. The van der Waals surface area contributed by atoms with Crippen molar-refractivity contribution in [2.75, 3.05) is 6.54 Å². The Bertz CT molecular complexity index is 489. The highest BCUT2D eigenvalue weighted by Crippen LogP contribution is 2.20. The lowest BCUT2D eigenvalue weighted by Gasteiger charge is -2.24. The summed E-state index contributed by atoms with van der Waals surface area (Å²) < 4.78 is 5.57. The zero-order valence-corrected chi connectivity index (χ0v) is 11.5. The molecule has 2 N–H and O–H groups in total. The largest absolute Gasteiger partial charge is 0.463 e. The van der Waals surface area contributed by atoms with Gasteiger partial charge in [0, 0.05) is 12.8 Å². The maximum absolute atomic E-state index is 5.57. The highest BCUT2D eigenvalue weighted by molar-refractivity contribution is 5.14. The second kappa shape index (κ2) is 6.39. The maximum atomic E-state index is 5.57. The standard InChI is InChI=1S/C17H21NO/c1-3-12-17(2,16-10-7-14-19-16)18-13-11-15-8-5-4-6-9-15/h3-10,14,18H,1,11-13H2,2H3/p+1/t17-/m0/s1. The lowest BCUT2D eigenvalue weighted by molar-refractivity contribution is -0.734. The first kappa shape index (κ1) is 13.6. The van der Waals surface area contributed by atoms with Crippen LogP contribution >= 0.6 is 0 Å². The SMILES string of the molecule is C=CC[C@](C)([NH2+]CCc1ccccc1)c1ccco1. The van der Waals surface area contributed by atoms with Crippen molar-refractivity contribution in [3.8, 4) is 0 Å². The molecule has 1 aromatic heterocycles. The van der Waals surface area contributed by atoms with Crippen molar-refractivity contribution in [3.63, 3.8) is 0 Å². The molecule has 2 heteroatoms. The van der Waals surface area contributed by atoms with Gasteiger partial charge in [0.05, 0.1) is 12.8 Å². The molecule has 1 aromatic carbocycles. The Morgan fingerprint density at radius 1 is 1.21 bits per heavy atom. The molecule has 19 heavy (non-hydrogen) atoms. The molecule has 0 radical (unpaired) electrons. The van der Waals surface area contributed by atoms with Gasteiger partial charge in [-0.25, -0.2) is 0 Å². The summed E-state index contributed by atoms with van der Waals surface area (Å²) in [6, 6.07) is 14.6. The molecule has 0 saturated carbocycles. The van der Waals surface area contributed by atoms with E-state index >= 15 is 0 Å². The average Bonchev–Trinajstić information content (AvgIpc) is 2.95. The topological polar surface area (TPSA) is 29.8 Å². The van der Waals surface area contributed by atoms with Gasteiger partial charge in [0.15, 0.2) is 11.3 Å². The lowest BCUT2D eigenvalue weighted by atomic mass is 9.94. The van der Waals surface area contributed by atoms with E-state index in [1.807, 2.05) is 18.2 Å². The van der Waals surface area contributed by atoms with E-state index in [0.29, 0.717) is 0 Å². The molecule has 0 aliphatic carbocycles. The van der Waals surface area contributed by atoms with Gasteiger partial charge in [-0.2, -0.15) is 0 Å². The summed E-state index contributed by atoms with van der Waals surface area (Å²) in [6.07, 6.45) is 5.66. The van der Waals surface area contributed by atoms with E-state index in [1.165, 1.54) is 5.56 Å². The molecule has 0 bridgehead atoms. The molecule has 2 aromatic rings. The Kier molecular flexibility index (Phi) is 4.58. The molecule has 2 nitrogen and oxygen atoms in total. The van der Waals surface area contributed by atoms with E-state index < -0.39 is 0 Å². The minimum Gasteiger partial charge on any atom is -0.463 e. The van der Waals surface area contributed by atoms with E-state index in [-0.39, 0.29) is 5.54 Å². The van der Waals surface area contributed by atoms with Crippen LogP contribution in [-0.2, 0) is 12.0 Å². The van der Waals surface area contributed by atoms with E-state index in [0.717, 1.165) is 25.1 Å². The van der Waals surface area contributed by atoms with Gasteiger partial charge >= 0.3 is 0 Å². The number of hydrogen-bond donors (Lipinski definition) is 1. The van der Waals surface area contributed by atoms with Gasteiger partial charge in [-0.1, -0.05) is 36.4 Å². The Hall–Kier alpha value is -1.80. The first-order valence-corrected chi connectivity index (χ1v) is 6.78.